The van der Waals surface area contributed by atoms with Crippen LogP contribution in [0.5, 0.6) is 0 Å². The van der Waals surface area contributed by atoms with Crippen LogP contribution in [0.25, 0.3) is 0 Å². The summed E-state index contributed by atoms with van der Waals surface area (Å²) in [5, 5.41) is 54.3. The minimum Gasteiger partial charge on any atom is -0.394 e. The number of aliphatic hydroxyl groups excluding tert-OH is 5. The fraction of sp³-hybridized carbons (Fsp3) is 0.820. The van der Waals surface area contributed by atoms with E-state index in [0.717, 1.165) is 64.2 Å². The van der Waals surface area contributed by atoms with Gasteiger partial charge >= 0.3 is 0 Å². The summed E-state index contributed by atoms with van der Waals surface area (Å²) >= 11 is 0. The molecule has 0 radical (unpaired) electrons. The van der Waals surface area contributed by atoms with E-state index in [9.17, 15) is 30.3 Å². The summed E-state index contributed by atoms with van der Waals surface area (Å²) in [4.78, 5) is 13.0. The van der Waals surface area contributed by atoms with Crippen LogP contribution >= 0.6 is 0 Å². The molecule has 1 heterocycles. The molecule has 1 aliphatic rings. The Morgan fingerprint density at radius 1 is 0.500 bits per heavy atom. The monoisotopic (exact) mass is 986 g/mol. The molecule has 0 aromatic rings. The zero-order chi connectivity index (χ0) is 50.8. The van der Waals surface area contributed by atoms with Crippen LogP contribution < -0.4 is 5.32 Å². The van der Waals surface area contributed by atoms with Crippen molar-refractivity contribution in [1.82, 2.24) is 5.32 Å². The maximum atomic E-state index is 13.0. The van der Waals surface area contributed by atoms with Gasteiger partial charge in [-0.05, 0) is 57.8 Å². The van der Waals surface area contributed by atoms with Gasteiger partial charge in [0.15, 0.2) is 6.29 Å². The number of rotatable bonds is 50. The molecule has 0 aromatic carbocycles. The summed E-state index contributed by atoms with van der Waals surface area (Å²) in [6.07, 6.45) is 61.8. The molecule has 0 bridgehead atoms. The zero-order valence-corrected chi connectivity index (χ0v) is 45.3. The van der Waals surface area contributed by atoms with Crippen LogP contribution in [-0.4, -0.2) is 87.5 Å². The van der Waals surface area contributed by atoms with E-state index in [1.54, 1.807) is 6.08 Å². The van der Waals surface area contributed by atoms with Crippen LogP contribution in [0.1, 0.15) is 264 Å². The van der Waals surface area contributed by atoms with Gasteiger partial charge < -0.3 is 40.3 Å². The Labute approximate surface area is 430 Å². The number of carbonyl (C=O) groups is 1. The second-order valence-corrected chi connectivity index (χ2v) is 20.4. The van der Waals surface area contributed by atoms with Gasteiger partial charge in [0.05, 0.1) is 25.4 Å². The number of hydrogen-bond donors (Lipinski definition) is 6. The van der Waals surface area contributed by atoms with Crippen molar-refractivity contribution in [2.45, 2.75) is 307 Å². The van der Waals surface area contributed by atoms with Gasteiger partial charge in [0.2, 0.25) is 5.91 Å². The van der Waals surface area contributed by atoms with Crippen LogP contribution in [0, 0.1) is 0 Å². The molecular weight excluding hydrogens is 875 g/mol. The second-order valence-electron chi connectivity index (χ2n) is 20.4. The largest absolute Gasteiger partial charge is 0.394 e. The summed E-state index contributed by atoms with van der Waals surface area (Å²) in [6.45, 7) is 3.65. The van der Waals surface area contributed by atoms with Crippen molar-refractivity contribution >= 4 is 5.91 Å². The fourth-order valence-electron chi connectivity index (χ4n) is 9.21. The molecule has 0 saturated carbocycles. The Morgan fingerprint density at radius 2 is 0.886 bits per heavy atom. The fourth-order valence-corrected chi connectivity index (χ4v) is 9.21. The van der Waals surface area contributed by atoms with Gasteiger partial charge in [-0.1, -0.05) is 261 Å². The van der Waals surface area contributed by atoms with E-state index in [2.05, 4.69) is 67.8 Å². The summed E-state index contributed by atoms with van der Waals surface area (Å²) in [6, 6.07) is -0.802. The highest BCUT2D eigenvalue weighted by atomic mass is 16.7. The Kier molecular flexibility index (Phi) is 47.5. The molecule has 1 aliphatic heterocycles. The molecule has 0 spiro atoms. The van der Waals surface area contributed by atoms with Gasteiger partial charge in [-0.2, -0.15) is 0 Å². The van der Waals surface area contributed by atoms with E-state index < -0.39 is 49.5 Å². The highest BCUT2D eigenvalue weighted by Crippen LogP contribution is 2.23. The molecule has 7 atom stereocenters. The number of aliphatic hydroxyl groups is 5. The molecule has 1 fully saturated rings. The topological polar surface area (TPSA) is 149 Å². The average molecular weight is 987 g/mol. The average Bonchev–Trinajstić information content (AvgIpc) is 3.36. The van der Waals surface area contributed by atoms with Crippen molar-refractivity contribution in [2.24, 2.45) is 0 Å². The SMILES string of the molecule is CC/C=C\C/C=C\C/C=C\C/C=C\CCCCCCCCCCCCCCCCCCCCCCCCCCC(=O)NC(COC1OC(CO)C(O)C(O)C1O)C(O)/C=C/CCCCCCCCCC. The second kappa shape index (κ2) is 50.4. The number of amides is 1. The molecule has 0 aliphatic carbocycles. The first-order chi connectivity index (χ1) is 34.3. The zero-order valence-electron chi connectivity index (χ0n) is 45.3. The molecule has 408 valence electrons. The molecule has 7 unspecified atom stereocenters. The molecule has 1 rings (SSSR count). The van der Waals surface area contributed by atoms with Gasteiger partial charge in [-0.3, -0.25) is 4.79 Å². The molecule has 1 amide bonds. The van der Waals surface area contributed by atoms with Crippen molar-refractivity contribution in [3.05, 3.63) is 60.8 Å². The summed E-state index contributed by atoms with van der Waals surface area (Å²) in [5.41, 5.74) is 0. The number of nitrogens with one attached hydrogen (secondary N) is 1. The third kappa shape index (κ3) is 39.4. The molecule has 0 aromatic heterocycles. The maximum absolute atomic E-state index is 13.0. The van der Waals surface area contributed by atoms with Crippen molar-refractivity contribution in [1.29, 1.82) is 0 Å². The van der Waals surface area contributed by atoms with E-state index in [-0.39, 0.29) is 12.5 Å². The predicted octanol–water partition coefficient (Wildman–Crippen LogP) is 14.7. The standard InChI is InChI=1S/C61H111NO8/c1-3-5-7-9-11-13-15-16-17-18-19-20-21-22-23-24-25-26-27-28-29-30-31-32-33-34-35-36-37-38-39-40-41-43-45-47-49-51-57(65)62-54(53-69-61-60(68)59(67)58(66)56(52-63)70-61)55(64)50-48-46-44-42-14-12-10-8-6-4-2/h5,7,11,13,16-17,19-20,48,50,54-56,58-61,63-64,66-68H,3-4,6,8-10,12,14-15,18,21-47,49,51-53H2,1-2H3,(H,62,65)/b7-5-,13-11-,17-16-,20-19-,50-48+. The molecule has 70 heavy (non-hydrogen) atoms. The molecule has 9 heteroatoms. The number of unbranched alkanes of at least 4 members (excludes halogenated alkanes) is 32. The number of ether oxygens (including phenoxy) is 2. The van der Waals surface area contributed by atoms with Gasteiger partial charge in [-0.25, -0.2) is 0 Å². The maximum Gasteiger partial charge on any atom is 0.220 e. The lowest BCUT2D eigenvalue weighted by molar-refractivity contribution is -0.302. The third-order valence-corrected chi connectivity index (χ3v) is 13.8. The van der Waals surface area contributed by atoms with Gasteiger partial charge in [0.25, 0.3) is 0 Å². The highest BCUT2D eigenvalue weighted by Gasteiger charge is 2.44. The lowest BCUT2D eigenvalue weighted by Gasteiger charge is -2.40. The van der Waals surface area contributed by atoms with Crippen LogP contribution in [-0.2, 0) is 14.3 Å². The molecular formula is C61H111NO8. The molecule has 6 N–H and O–H groups in total. The number of carbonyl (C=O) groups excluding carboxylic acids is 1. The quantitative estimate of drug-likeness (QED) is 0.0261. The van der Waals surface area contributed by atoms with Crippen LogP contribution in [0.15, 0.2) is 60.8 Å². The minimum absolute atomic E-state index is 0.176. The Balaban J connectivity index is 2.03. The number of allylic oxidation sites excluding steroid dienone is 9. The minimum atomic E-state index is -1.56. The lowest BCUT2D eigenvalue weighted by atomic mass is 9.99. The van der Waals surface area contributed by atoms with Gasteiger partial charge in [0, 0.05) is 6.42 Å². The van der Waals surface area contributed by atoms with Crippen molar-refractivity contribution in [2.75, 3.05) is 13.2 Å². The van der Waals surface area contributed by atoms with Gasteiger partial charge in [-0.15, -0.1) is 0 Å². The first-order valence-electron chi connectivity index (χ1n) is 29.5. The van der Waals surface area contributed by atoms with Crippen molar-refractivity contribution < 1.29 is 39.8 Å². The highest BCUT2D eigenvalue weighted by molar-refractivity contribution is 5.76. The van der Waals surface area contributed by atoms with Crippen LogP contribution in [0.2, 0.25) is 0 Å². The first kappa shape index (κ1) is 65.9. The molecule has 9 nitrogen and oxygen atoms in total. The van der Waals surface area contributed by atoms with Crippen LogP contribution in [0.4, 0.5) is 0 Å². The van der Waals surface area contributed by atoms with E-state index in [1.165, 1.54) is 180 Å². The Morgan fingerprint density at radius 3 is 1.31 bits per heavy atom. The summed E-state index contributed by atoms with van der Waals surface area (Å²) < 4.78 is 11.2. The predicted molar refractivity (Wildman–Crippen MR) is 295 cm³/mol. The summed E-state index contributed by atoms with van der Waals surface area (Å²) in [5.74, 6) is -0.176. The molecule has 1 saturated heterocycles. The smallest absolute Gasteiger partial charge is 0.220 e. The summed E-state index contributed by atoms with van der Waals surface area (Å²) in [7, 11) is 0. The third-order valence-electron chi connectivity index (χ3n) is 13.8. The first-order valence-corrected chi connectivity index (χ1v) is 29.5. The van der Waals surface area contributed by atoms with Crippen molar-refractivity contribution in [3.8, 4) is 0 Å². The van der Waals surface area contributed by atoms with Crippen LogP contribution in [0.3, 0.4) is 0 Å². The van der Waals surface area contributed by atoms with Crippen molar-refractivity contribution in [3.63, 3.8) is 0 Å². The van der Waals surface area contributed by atoms with E-state index >= 15 is 0 Å². The lowest BCUT2D eigenvalue weighted by Crippen LogP contribution is -2.60. The van der Waals surface area contributed by atoms with Gasteiger partial charge in [0.1, 0.15) is 24.4 Å². The van der Waals surface area contributed by atoms with E-state index in [0.29, 0.717) is 6.42 Å². The number of hydrogen-bond acceptors (Lipinski definition) is 8. The Hall–Kier alpha value is -2.11. The Bertz CT molecular complexity index is 1280. The van der Waals surface area contributed by atoms with E-state index in [1.807, 2.05) is 6.08 Å². The van der Waals surface area contributed by atoms with E-state index in [4.69, 9.17) is 9.47 Å². The normalized spacial score (nSPS) is 19.8.